The molecule has 0 fully saturated rings. The molecule has 0 aliphatic heterocycles. The van der Waals surface area contributed by atoms with Gasteiger partial charge in [-0.05, 0) is 43.7 Å². The van der Waals surface area contributed by atoms with Crippen LogP contribution in [0.1, 0.15) is 18.1 Å². The molecule has 2 aromatic carbocycles. The summed E-state index contributed by atoms with van der Waals surface area (Å²) >= 11 is 1.16. The molecule has 1 aromatic heterocycles. The van der Waals surface area contributed by atoms with E-state index in [9.17, 15) is 13.2 Å². The van der Waals surface area contributed by atoms with Gasteiger partial charge in [0, 0.05) is 5.69 Å². The highest BCUT2D eigenvalue weighted by Crippen LogP contribution is 2.26. The van der Waals surface area contributed by atoms with Crippen LogP contribution in [0.15, 0.2) is 50.9 Å². The van der Waals surface area contributed by atoms with Gasteiger partial charge in [-0.2, -0.15) is 0 Å². The molecule has 8 heteroatoms. The molecule has 27 heavy (non-hydrogen) atoms. The Bertz CT molecular complexity index is 1100. The van der Waals surface area contributed by atoms with Gasteiger partial charge < -0.3 is 9.73 Å². The monoisotopic (exact) mass is 404 g/mol. The van der Waals surface area contributed by atoms with Crippen molar-refractivity contribution in [3.63, 3.8) is 0 Å². The van der Waals surface area contributed by atoms with Gasteiger partial charge in [-0.3, -0.25) is 4.79 Å². The van der Waals surface area contributed by atoms with Crippen molar-refractivity contribution in [3.05, 3.63) is 47.5 Å². The first-order valence-electron chi connectivity index (χ1n) is 8.42. The second-order valence-corrected chi connectivity index (χ2v) is 9.37. The molecule has 0 atom stereocenters. The molecule has 1 N–H and O–H groups in total. The zero-order valence-corrected chi connectivity index (χ0v) is 16.9. The van der Waals surface area contributed by atoms with E-state index in [0.29, 0.717) is 16.3 Å². The predicted octanol–water partition coefficient (Wildman–Crippen LogP) is 3.97. The van der Waals surface area contributed by atoms with E-state index in [2.05, 4.69) is 10.3 Å². The number of benzene rings is 2. The Kier molecular flexibility index (Phi) is 5.57. The van der Waals surface area contributed by atoms with Gasteiger partial charge >= 0.3 is 0 Å². The van der Waals surface area contributed by atoms with Gasteiger partial charge in [0.05, 0.1) is 16.4 Å². The molecular weight excluding hydrogens is 384 g/mol. The molecule has 3 rings (SSSR count). The summed E-state index contributed by atoms with van der Waals surface area (Å²) in [5.41, 5.74) is 3.86. The summed E-state index contributed by atoms with van der Waals surface area (Å²) in [5, 5.41) is 3.20. The number of aromatic nitrogens is 1. The highest BCUT2D eigenvalue weighted by atomic mass is 32.2. The number of sulfone groups is 1. The van der Waals surface area contributed by atoms with Crippen LogP contribution in [-0.4, -0.2) is 30.8 Å². The fourth-order valence-corrected chi connectivity index (χ4v) is 4.11. The van der Waals surface area contributed by atoms with Crippen LogP contribution in [0.3, 0.4) is 0 Å². The van der Waals surface area contributed by atoms with Crippen LogP contribution in [-0.2, 0) is 14.6 Å². The number of aryl methyl sites for hydroxylation is 2. The molecule has 142 valence electrons. The summed E-state index contributed by atoms with van der Waals surface area (Å²) in [6.07, 6.45) is 0. The molecule has 1 amide bonds. The van der Waals surface area contributed by atoms with E-state index in [0.717, 1.165) is 28.6 Å². The topological polar surface area (TPSA) is 89.3 Å². The second kappa shape index (κ2) is 7.74. The fraction of sp³-hybridized carbons (Fsp3) is 0.263. The van der Waals surface area contributed by atoms with Crippen molar-refractivity contribution in [3.8, 4) is 0 Å². The van der Waals surface area contributed by atoms with Crippen molar-refractivity contribution in [2.45, 2.75) is 30.9 Å². The summed E-state index contributed by atoms with van der Waals surface area (Å²) < 4.78 is 29.5. The summed E-state index contributed by atoms with van der Waals surface area (Å²) in [5.74, 6) is 0.0000459. The van der Waals surface area contributed by atoms with Gasteiger partial charge in [0.15, 0.2) is 15.4 Å². The third-order valence-corrected chi connectivity index (χ3v) is 6.62. The molecule has 3 aromatic rings. The van der Waals surface area contributed by atoms with E-state index in [1.165, 1.54) is 12.1 Å². The van der Waals surface area contributed by atoms with Crippen molar-refractivity contribution < 1.29 is 17.6 Å². The van der Waals surface area contributed by atoms with Crippen LogP contribution < -0.4 is 5.32 Å². The van der Waals surface area contributed by atoms with Crippen LogP contribution in [0.25, 0.3) is 11.1 Å². The number of carbonyl (C=O) groups is 1. The van der Waals surface area contributed by atoms with Crippen molar-refractivity contribution in [1.82, 2.24) is 4.98 Å². The lowest BCUT2D eigenvalue weighted by Crippen LogP contribution is -2.14. The maximum atomic E-state index is 12.2. The smallest absolute Gasteiger partial charge is 0.257 e. The van der Waals surface area contributed by atoms with E-state index >= 15 is 0 Å². The van der Waals surface area contributed by atoms with E-state index in [1.807, 2.05) is 32.0 Å². The minimum Gasteiger partial charge on any atom is -0.431 e. The van der Waals surface area contributed by atoms with Gasteiger partial charge in [-0.1, -0.05) is 36.4 Å². The SMILES string of the molecule is CCS(=O)(=O)c1ccc2oc(SCC(=O)Nc3ccc(C)cc3C)nc2c1. The van der Waals surface area contributed by atoms with E-state index in [-0.39, 0.29) is 22.3 Å². The van der Waals surface area contributed by atoms with Gasteiger partial charge in [-0.15, -0.1) is 0 Å². The average Bonchev–Trinajstić information content (AvgIpc) is 3.04. The summed E-state index contributed by atoms with van der Waals surface area (Å²) in [7, 11) is -3.30. The lowest BCUT2D eigenvalue weighted by atomic mass is 10.1. The Balaban J connectivity index is 1.68. The Labute approximate surface area is 162 Å². The van der Waals surface area contributed by atoms with Crippen LogP contribution >= 0.6 is 11.8 Å². The van der Waals surface area contributed by atoms with E-state index in [1.54, 1.807) is 13.0 Å². The van der Waals surface area contributed by atoms with Gasteiger partial charge in [-0.25, -0.2) is 13.4 Å². The first-order valence-corrected chi connectivity index (χ1v) is 11.1. The predicted molar refractivity (Wildman–Crippen MR) is 107 cm³/mol. The number of thioether (sulfide) groups is 1. The highest BCUT2D eigenvalue weighted by Gasteiger charge is 2.15. The molecule has 0 aliphatic carbocycles. The number of hydrogen-bond donors (Lipinski definition) is 1. The van der Waals surface area contributed by atoms with Crippen molar-refractivity contribution in [2.75, 3.05) is 16.8 Å². The number of fused-ring (bicyclic) bond motifs is 1. The zero-order chi connectivity index (χ0) is 19.6. The fourth-order valence-electron chi connectivity index (χ4n) is 2.58. The maximum Gasteiger partial charge on any atom is 0.257 e. The molecule has 0 radical (unpaired) electrons. The van der Waals surface area contributed by atoms with Crippen LogP contribution in [0, 0.1) is 13.8 Å². The number of hydrogen-bond acceptors (Lipinski definition) is 6. The third kappa shape index (κ3) is 4.51. The number of amides is 1. The first-order chi connectivity index (χ1) is 12.8. The van der Waals surface area contributed by atoms with Crippen molar-refractivity contribution in [1.29, 1.82) is 0 Å². The first kappa shape index (κ1) is 19.4. The summed E-state index contributed by atoms with van der Waals surface area (Å²) in [6, 6.07) is 10.4. The lowest BCUT2D eigenvalue weighted by Gasteiger charge is -2.08. The Morgan fingerprint density at radius 3 is 2.67 bits per heavy atom. The third-order valence-electron chi connectivity index (χ3n) is 4.06. The minimum atomic E-state index is -3.30. The van der Waals surface area contributed by atoms with Gasteiger partial charge in [0.2, 0.25) is 5.91 Å². The molecule has 0 saturated heterocycles. The normalized spacial score (nSPS) is 11.7. The molecule has 0 saturated carbocycles. The molecule has 0 spiro atoms. The number of rotatable bonds is 6. The molecule has 0 unspecified atom stereocenters. The Hall–Kier alpha value is -2.32. The standard InChI is InChI=1S/C19H20N2O4S2/c1-4-27(23,24)14-6-8-17-16(10-14)21-19(25-17)26-11-18(22)20-15-7-5-12(2)9-13(15)3/h5-10H,4,11H2,1-3H3,(H,20,22). The quantitative estimate of drug-likeness (QED) is 0.625. The average molecular weight is 405 g/mol. The Morgan fingerprint density at radius 2 is 1.96 bits per heavy atom. The number of nitrogens with zero attached hydrogens (tertiary/aromatic N) is 1. The lowest BCUT2D eigenvalue weighted by molar-refractivity contribution is -0.113. The number of anilines is 1. The molecular formula is C19H20N2O4S2. The number of carbonyl (C=O) groups excluding carboxylic acids is 1. The van der Waals surface area contributed by atoms with Crippen molar-refractivity contribution in [2.24, 2.45) is 0 Å². The second-order valence-electron chi connectivity index (χ2n) is 6.17. The highest BCUT2D eigenvalue weighted by molar-refractivity contribution is 7.99. The largest absolute Gasteiger partial charge is 0.431 e. The zero-order valence-electron chi connectivity index (χ0n) is 15.3. The molecule has 1 heterocycles. The van der Waals surface area contributed by atoms with Gasteiger partial charge in [0.1, 0.15) is 5.52 Å². The minimum absolute atomic E-state index is 0.0244. The Morgan fingerprint density at radius 1 is 1.19 bits per heavy atom. The van der Waals surface area contributed by atoms with Crippen LogP contribution in [0.4, 0.5) is 5.69 Å². The molecule has 0 aliphatic rings. The maximum absolute atomic E-state index is 12.2. The molecule has 6 nitrogen and oxygen atoms in total. The van der Waals surface area contributed by atoms with Gasteiger partial charge in [0.25, 0.3) is 5.22 Å². The van der Waals surface area contributed by atoms with E-state index in [4.69, 9.17) is 4.42 Å². The molecule has 0 bridgehead atoms. The van der Waals surface area contributed by atoms with Crippen molar-refractivity contribution >= 4 is 44.3 Å². The van der Waals surface area contributed by atoms with Crippen LogP contribution in [0.5, 0.6) is 0 Å². The number of nitrogens with one attached hydrogen (secondary N) is 1. The number of oxazole rings is 1. The van der Waals surface area contributed by atoms with Crippen LogP contribution in [0.2, 0.25) is 0 Å². The summed E-state index contributed by atoms with van der Waals surface area (Å²) in [4.78, 5) is 16.7. The summed E-state index contributed by atoms with van der Waals surface area (Å²) in [6.45, 7) is 5.54. The van der Waals surface area contributed by atoms with E-state index < -0.39 is 9.84 Å².